The van der Waals surface area contributed by atoms with E-state index in [1.807, 2.05) is 48.5 Å². The number of ether oxygens (including phenoxy) is 1. The predicted molar refractivity (Wildman–Crippen MR) is 121 cm³/mol. The summed E-state index contributed by atoms with van der Waals surface area (Å²) in [6, 6.07) is 21.8. The number of benzene rings is 3. The van der Waals surface area contributed by atoms with E-state index in [-0.39, 0.29) is 17.6 Å². The van der Waals surface area contributed by atoms with Gasteiger partial charge in [-0.3, -0.25) is 9.59 Å². The summed E-state index contributed by atoms with van der Waals surface area (Å²) in [7, 11) is 1.56. The smallest absolute Gasteiger partial charge is 0.255 e. The zero-order valence-corrected chi connectivity index (χ0v) is 18.0. The monoisotopic (exact) mass is 470 g/mol. The van der Waals surface area contributed by atoms with Crippen molar-refractivity contribution >= 4 is 50.9 Å². The molecule has 0 spiro atoms. The Balaban J connectivity index is 1.58. The number of rotatable bonds is 7. The minimum Gasteiger partial charge on any atom is -0.497 e. The number of anilines is 2. The van der Waals surface area contributed by atoms with Gasteiger partial charge in [-0.15, -0.1) is 11.8 Å². The lowest BCUT2D eigenvalue weighted by molar-refractivity contribution is -0.113. The molecule has 148 valence electrons. The first kappa shape index (κ1) is 21.0. The molecule has 0 aliphatic carbocycles. The van der Waals surface area contributed by atoms with Crippen LogP contribution in [0.25, 0.3) is 0 Å². The van der Waals surface area contributed by atoms with Crippen molar-refractivity contribution in [2.24, 2.45) is 0 Å². The normalized spacial score (nSPS) is 10.3. The molecule has 3 aromatic carbocycles. The number of methoxy groups -OCH3 is 1. The Bertz CT molecular complexity index is 1030. The van der Waals surface area contributed by atoms with Crippen molar-refractivity contribution in [3.8, 4) is 5.75 Å². The van der Waals surface area contributed by atoms with E-state index in [9.17, 15) is 9.59 Å². The Kier molecular flexibility index (Phi) is 7.32. The van der Waals surface area contributed by atoms with Crippen molar-refractivity contribution < 1.29 is 14.3 Å². The fourth-order valence-corrected chi connectivity index (χ4v) is 3.67. The molecule has 0 heterocycles. The summed E-state index contributed by atoms with van der Waals surface area (Å²) >= 11 is 4.81. The highest BCUT2D eigenvalue weighted by Crippen LogP contribution is 2.24. The van der Waals surface area contributed by atoms with Gasteiger partial charge in [-0.1, -0.05) is 24.3 Å². The first-order chi connectivity index (χ1) is 14.0. The highest BCUT2D eigenvalue weighted by molar-refractivity contribution is 9.10. The van der Waals surface area contributed by atoms with E-state index < -0.39 is 0 Å². The first-order valence-electron chi connectivity index (χ1n) is 8.78. The van der Waals surface area contributed by atoms with Gasteiger partial charge < -0.3 is 15.4 Å². The average Bonchev–Trinajstić information content (AvgIpc) is 2.74. The Hall–Kier alpha value is -2.77. The van der Waals surface area contributed by atoms with E-state index >= 15 is 0 Å². The van der Waals surface area contributed by atoms with E-state index in [1.165, 1.54) is 11.8 Å². The second-order valence-electron chi connectivity index (χ2n) is 6.03. The van der Waals surface area contributed by atoms with Gasteiger partial charge in [0, 0.05) is 20.6 Å². The maximum atomic E-state index is 12.5. The number of para-hydroxylation sites is 1. The molecular formula is C22H19BrN2O3S. The molecule has 2 amide bonds. The zero-order valence-electron chi connectivity index (χ0n) is 15.6. The van der Waals surface area contributed by atoms with Crippen molar-refractivity contribution in [2.75, 3.05) is 23.5 Å². The van der Waals surface area contributed by atoms with Gasteiger partial charge in [0.1, 0.15) is 5.75 Å². The molecule has 0 unspecified atom stereocenters. The molecule has 5 nitrogen and oxygen atoms in total. The van der Waals surface area contributed by atoms with Crippen LogP contribution in [-0.4, -0.2) is 24.7 Å². The number of thioether (sulfide) groups is 1. The lowest BCUT2D eigenvalue weighted by Crippen LogP contribution is -2.14. The number of halogens is 1. The van der Waals surface area contributed by atoms with Crippen molar-refractivity contribution in [1.29, 1.82) is 0 Å². The van der Waals surface area contributed by atoms with Gasteiger partial charge in [-0.05, 0) is 64.5 Å². The molecule has 2 N–H and O–H groups in total. The standard InChI is InChI=1S/C22H19BrN2O3S/c1-28-17-8-4-6-15(12-17)22(27)24-16-7-5-9-18(13-16)29-14-21(26)25-20-11-3-2-10-19(20)23/h2-13H,14H2,1H3,(H,24,27)(H,25,26). The molecule has 0 aromatic heterocycles. The summed E-state index contributed by atoms with van der Waals surface area (Å²) in [6.07, 6.45) is 0. The SMILES string of the molecule is COc1cccc(C(=O)Nc2cccc(SCC(=O)Nc3ccccc3Br)c2)c1. The molecule has 0 aliphatic rings. The number of nitrogens with one attached hydrogen (secondary N) is 2. The van der Waals surface area contributed by atoms with Gasteiger partial charge in [0.2, 0.25) is 5.91 Å². The van der Waals surface area contributed by atoms with Crippen LogP contribution in [0.3, 0.4) is 0 Å². The number of carbonyl (C=O) groups excluding carboxylic acids is 2. The fourth-order valence-electron chi connectivity index (χ4n) is 2.53. The fraction of sp³-hybridized carbons (Fsp3) is 0.0909. The van der Waals surface area contributed by atoms with Gasteiger partial charge in [0.15, 0.2) is 0 Å². The second kappa shape index (κ2) is 10.1. The van der Waals surface area contributed by atoms with E-state index in [0.29, 0.717) is 17.0 Å². The third-order valence-corrected chi connectivity index (χ3v) is 5.63. The van der Waals surface area contributed by atoms with Crippen LogP contribution in [-0.2, 0) is 4.79 Å². The molecule has 3 aromatic rings. The molecule has 3 rings (SSSR count). The van der Waals surface area contributed by atoms with Crippen LogP contribution in [0.15, 0.2) is 82.2 Å². The van der Waals surface area contributed by atoms with Crippen LogP contribution in [0, 0.1) is 0 Å². The van der Waals surface area contributed by atoms with Crippen LogP contribution in [0.1, 0.15) is 10.4 Å². The zero-order chi connectivity index (χ0) is 20.6. The van der Waals surface area contributed by atoms with Crippen molar-refractivity contribution in [2.45, 2.75) is 4.90 Å². The Morgan fingerprint density at radius 3 is 2.55 bits per heavy atom. The second-order valence-corrected chi connectivity index (χ2v) is 7.93. The Labute approximate surface area is 182 Å². The van der Waals surface area contributed by atoms with E-state index in [2.05, 4.69) is 26.6 Å². The summed E-state index contributed by atoms with van der Waals surface area (Å²) in [5.41, 5.74) is 1.90. The molecule has 7 heteroatoms. The first-order valence-corrected chi connectivity index (χ1v) is 10.6. The van der Waals surface area contributed by atoms with E-state index in [4.69, 9.17) is 4.74 Å². The molecule has 0 fully saturated rings. The summed E-state index contributed by atoms with van der Waals surface area (Å²) in [4.78, 5) is 25.5. The maximum Gasteiger partial charge on any atom is 0.255 e. The lowest BCUT2D eigenvalue weighted by atomic mass is 10.2. The molecule has 0 bridgehead atoms. The van der Waals surface area contributed by atoms with Gasteiger partial charge in [0.25, 0.3) is 5.91 Å². The van der Waals surface area contributed by atoms with Gasteiger partial charge in [-0.25, -0.2) is 0 Å². The third-order valence-electron chi connectivity index (χ3n) is 3.94. The average molecular weight is 471 g/mol. The molecule has 0 atom stereocenters. The van der Waals surface area contributed by atoms with Crippen molar-refractivity contribution in [3.05, 3.63) is 82.8 Å². The maximum absolute atomic E-state index is 12.5. The molecule has 0 saturated heterocycles. The highest BCUT2D eigenvalue weighted by atomic mass is 79.9. The van der Waals surface area contributed by atoms with Crippen molar-refractivity contribution in [1.82, 2.24) is 0 Å². The Morgan fingerprint density at radius 2 is 1.76 bits per heavy atom. The predicted octanol–water partition coefficient (Wildman–Crippen LogP) is 5.44. The largest absolute Gasteiger partial charge is 0.497 e. The van der Waals surface area contributed by atoms with Crippen LogP contribution in [0.2, 0.25) is 0 Å². The van der Waals surface area contributed by atoms with E-state index in [1.54, 1.807) is 31.4 Å². The number of hydrogen-bond acceptors (Lipinski definition) is 4. The summed E-state index contributed by atoms with van der Waals surface area (Å²) < 4.78 is 5.99. The van der Waals surface area contributed by atoms with Crippen LogP contribution < -0.4 is 15.4 Å². The Morgan fingerprint density at radius 1 is 0.966 bits per heavy atom. The van der Waals surface area contributed by atoms with Gasteiger partial charge >= 0.3 is 0 Å². The summed E-state index contributed by atoms with van der Waals surface area (Å²) in [6.45, 7) is 0. The quantitative estimate of drug-likeness (QED) is 0.451. The van der Waals surface area contributed by atoms with Crippen molar-refractivity contribution in [3.63, 3.8) is 0 Å². The summed E-state index contributed by atoms with van der Waals surface area (Å²) in [5.74, 6) is 0.553. The van der Waals surface area contributed by atoms with E-state index in [0.717, 1.165) is 15.1 Å². The van der Waals surface area contributed by atoms with Gasteiger partial charge in [-0.2, -0.15) is 0 Å². The highest BCUT2D eigenvalue weighted by Gasteiger charge is 2.09. The number of amides is 2. The molecular weight excluding hydrogens is 452 g/mol. The van der Waals surface area contributed by atoms with Crippen LogP contribution >= 0.6 is 27.7 Å². The van der Waals surface area contributed by atoms with Gasteiger partial charge in [0.05, 0.1) is 18.6 Å². The van der Waals surface area contributed by atoms with Crippen LogP contribution in [0.5, 0.6) is 5.75 Å². The lowest BCUT2D eigenvalue weighted by Gasteiger charge is -2.09. The minimum absolute atomic E-state index is 0.104. The number of hydrogen-bond donors (Lipinski definition) is 2. The molecule has 0 aliphatic heterocycles. The molecule has 0 radical (unpaired) electrons. The number of carbonyl (C=O) groups is 2. The topological polar surface area (TPSA) is 67.4 Å². The molecule has 29 heavy (non-hydrogen) atoms. The minimum atomic E-state index is -0.224. The third kappa shape index (κ3) is 6.10. The summed E-state index contributed by atoms with van der Waals surface area (Å²) in [5, 5.41) is 5.74. The molecule has 0 saturated carbocycles. The van der Waals surface area contributed by atoms with Crippen LogP contribution in [0.4, 0.5) is 11.4 Å².